The van der Waals surface area contributed by atoms with Crippen molar-refractivity contribution >= 4 is 39.4 Å². The number of fused-ring (bicyclic) bond motifs is 4. The quantitative estimate of drug-likeness (QED) is 0.368. The zero-order valence-corrected chi connectivity index (χ0v) is 18.7. The topological polar surface area (TPSA) is 78.0 Å². The van der Waals surface area contributed by atoms with Crippen LogP contribution in [0.4, 0.5) is 0 Å². The molecule has 0 aliphatic heterocycles. The van der Waals surface area contributed by atoms with Crippen LogP contribution in [0.1, 0.15) is 17.0 Å². The fraction of sp³-hybridized carbons (Fsp3) is 0.0741. The van der Waals surface area contributed by atoms with E-state index in [1.165, 1.54) is 5.56 Å². The molecule has 0 amide bonds. The molecule has 3 aromatic heterocycles. The Bertz CT molecular complexity index is 1780. The van der Waals surface area contributed by atoms with Gasteiger partial charge in [-0.2, -0.15) is 9.78 Å². The Labute approximate surface area is 194 Å². The lowest BCUT2D eigenvalue weighted by Gasteiger charge is -2.09. The van der Waals surface area contributed by atoms with Gasteiger partial charge in [0.25, 0.3) is 5.56 Å². The number of para-hydroxylation sites is 3. The Morgan fingerprint density at radius 1 is 0.765 bits per heavy atom. The molecule has 3 heterocycles. The maximum absolute atomic E-state index is 13.8. The highest BCUT2D eigenvalue weighted by atomic mass is 16.1. The molecule has 0 spiro atoms. The molecule has 0 saturated carbocycles. The van der Waals surface area contributed by atoms with Crippen LogP contribution < -0.4 is 5.56 Å². The summed E-state index contributed by atoms with van der Waals surface area (Å²) in [5, 5.41) is 5.08. The van der Waals surface area contributed by atoms with Crippen molar-refractivity contribution in [2.75, 3.05) is 0 Å². The number of rotatable bonds is 3. The van der Waals surface area contributed by atoms with Crippen molar-refractivity contribution in [3.05, 3.63) is 106 Å². The molecule has 0 saturated heterocycles. The largest absolute Gasteiger partial charge is 0.269 e. The van der Waals surface area contributed by atoms with Crippen LogP contribution in [0.3, 0.4) is 0 Å². The summed E-state index contributed by atoms with van der Waals surface area (Å²) in [4.78, 5) is 28.2. The Balaban J connectivity index is 1.70. The number of hydrogen-bond acceptors (Lipinski definition) is 5. The summed E-state index contributed by atoms with van der Waals surface area (Å²) in [6.45, 7) is 3.86. The molecule has 0 N–H and O–H groups in total. The molecule has 7 nitrogen and oxygen atoms in total. The molecule has 0 radical (unpaired) electrons. The maximum Gasteiger partial charge on any atom is 0.269 e. The number of aryl methyl sites for hydroxylation is 2. The lowest BCUT2D eigenvalue weighted by atomic mass is 10.2. The summed E-state index contributed by atoms with van der Waals surface area (Å²) >= 11 is 0. The van der Waals surface area contributed by atoms with Crippen LogP contribution in [0, 0.1) is 13.8 Å². The van der Waals surface area contributed by atoms with E-state index in [9.17, 15) is 4.79 Å². The molecule has 0 bridgehead atoms. The Morgan fingerprint density at radius 2 is 1.44 bits per heavy atom. The van der Waals surface area contributed by atoms with Crippen molar-refractivity contribution in [1.29, 1.82) is 0 Å². The van der Waals surface area contributed by atoms with Gasteiger partial charge in [-0.05, 0) is 43.7 Å². The van der Waals surface area contributed by atoms with Crippen LogP contribution in [0.25, 0.3) is 38.9 Å². The third kappa shape index (κ3) is 3.17. The molecule has 34 heavy (non-hydrogen) atoms. The maximum atomic E-state index is 13.8. The first-order chi connectivity index (χ1) is 16.6. The first-order valence-electron chi connectivity index (χ1n) is 11.0. The second kappa shape index (κ2) is 7.74. The summed E-state index contributed by atoms with van der Waals surface area (Å²) in [5.41, 5.74) is 5.50. The van der Waals surface area contributed by atoms with Crippen molar-refractivity contribution in [3.63, 3.8) is 0 Å². The summed E-state index contributed by atoms with van der Waals surface area (Å²) in [6.07, 6.45) is 1.74. The highest BCUT2D eigenvalue weighted by molar-refractivity contribution is 6.05. The van der Waals surface area contributed by atoms with Gasteiger partial charge in [0.15, 0.2) is 11.3 Å². The van der Waals surface area contributed by atoms with E-state index in [0.29, 0.717) is 33.5 Å². The van der Waals surface area contributed by atoms with E-state index in [0.717, 1.165) is 16.8 Å². The van der Waals surface area contributed by atoms with Gasteiger partial charge in [0, 0.05) is 0 Å². The molecule has 0 aliphatic rings. The van der Waals surface area contributed by atoms with Gasteiger partial charge in [0.2, 0.25) is 0 Å². The highest BCUT2D eigenvalue weighted by Crippen LogP contribution is 2.26. The number of hydrogen-bond donors (Lipinski definition) is 0. The second-order valence-electron chi connectivity index (χ2n) is 8.19. The Hall–Kier alpha value is -4.65. The molecule has 0 unspecified atom stereocenters. The average Bonchev–Trinajstić information content (AvgIpc) is 3.15. The van der Waals surface area contributed by atoms with Crippen molar-refractivity contribution < 1.29 is 0 Å². The third-order valence-electron chi connectivity index (χ3n) is 5.84. The van der Waals surface area contributed by atoms with Gasteiger partial charge >= 0.3 is 0 Å². The third-order valence-corrected chi connectivity index (χ3v) is 5.84. The minimum atomic E-state index is -0.201. The van der Waals surface area contributed by atoms with Gasteiger partial charge in [-0.15, -0.1) is 0 Å². The Kier molecular flexibility index (Phi) is 4.55. The fourth-order valence-electron chi connectivity index (χ4n) is 4.15. The fourth-order valence-corrected chi connectivity index (χ4v) is 4.15. The van der Waals surface area contributed by atoms with E-state index >= 15 is 0 Å². The highest BCUT2D eigenvalue weighted by Gasteiger charge is 2.21. The van der Waals surface area contributed by atoms with Gasteiger partial charge in [-0.3, -0.25) is 9.36 Å². The normalized spacial score (nSPS) is 11.8. The molecule has 6 aromatic rings. The van der Waals surface area contributed by atoms with Crippen LogP contribution >= 0.6 is 0 Å². The summed E-state index contributed by atoms with van der Waals surface area (Å²) in [7, 11) is 0. The van der Waals surface area contributed by atoms with Gasteiger partial charge < -0.3 is 0 Å². The molecular weight excluding hydrogens is 424 g/mol. The summed E-state index contributed by atoms with van der Waals surface area (Å²) in [6, 6.07) is 25.1. The van der Waals surface area contributed by atoms with Gasteiger partial charge in [-0.25, -0.2) is 15.0 Å². The Morgan fingerprint density at radius 3 is 2.18 bits per heavy atom. The number of nitrogens with zero attached hydrogens (tertiary/aromatic N) is 6. The molecule has 7 heteroatoms. The molecule has 0 atom stereocenters. The van der Waals surface area contributed by atoms with E-state index in [2.05, 4.69) is 0 Å². The van der Waals surface area contributed by atoms with E-state index in [1.807, 2.05) is 92.7 Å². The molecule has 164 valence electrons. The molecular formula is C27H20N6O. The average molecular weight is 444 g/mol. The SMILES string of the molecule is Cc1ccc(/C=N\n2c3nc4ccccc4nc3c3c(=O)n(-c4ccccc4)c(C)nc32)cc1. The van der Waals surface area contributed by atoms with Crippen molar-refractivity contribution in [2.24, 2.45) is 5.10 Å². The van der Waals surface area contributed by atoms with Crippen LogP contribution in [-0.2, 0) is 0 Å². The van der Waals surface area contributed by atoms with E-state index in [-0.39, 0.29) is 5.56 Å². The molecule has 0 fully saturated rings. The van der Waals surface area contributed by atoms with Crippen molar-refractivity contribution in [3.8, 4) is 5.69 Å². The van der Waals surface area contributed by atoms with Crippen LogP contribution in [0.2, 0.25) is 0 Å². The van der Waals surface area contributed by atoms with Crippen LogP contribution in [0.5, 0.6) is 0 Å². The molecule has 0 aliphatic carbocycles. The van der Waals surface area contributed by atoms with Crippen LogP contribution in [-0.4, -0.2) is 30.4 Å². The zero-order chi connectivity index (χ0) is 23.2. The van der Waals surface area contributed by atoms with Gasteiger partial charge in [-0.1, -0.05) is 60.2 Å². The molecule has 3 aromatic carbocycles. The lowest BCUT2D eigenvalue weighted by molar-refractivity contribution is 0.865. The minimum absolute atomic E-state index is 0.201. The predicted octanol–water partition coefficient (Wildman–Crippen LogP) is 4.78. The second-order valence-corrected chi connectivity index (χ2v) is 8.19. The number of aromatic nitrogens is 5. The van der Waals surface area contributed by atoms with Crippen molar-refractivity contribution in [2.45, 2.75) is 13.8 Å². The monoisotopic (exact) mass is 444 g/mol. The van der Waals surface area contributed by atoms with Gasteiger partial charge in [0.05, 0.1) is 22.9 Å². The first-order valence-corrected chi connectivity index (χ1v) is 11.0. The van der Waals surface area contributed by atoms with Gasteiger partial charge in [0.1, 0.15) is 16.7 Å². The summed E-state index contributed by atoms with van der Waals surface area (Å²) < 4.78 is 3.22. The first kappa shape index (κ1) is 20.0. The summed E-state index contributed by atoms with van der Waals surface area (Å²) in [5.74, 6) is 0.558. The minimum Gasteiger partial charge on any atom is -0.268 e. The standard InChI is InChI=1S/C27H20N6O/c1-17-12-14-19(15-13-17)16-28-33-25-23(24-26(33)31-22-11-7-6-10-21(22)30-24)27(34)32(18(2)29-25)20-8-4-3-5-9-20/h3-16H,1-2H3/b28-16-. The predicted molar refractivity (Wildman–Crippen MR) is 135 cm³/mol. The lowest BCUT2D eigenvalue weighted by Crippen LogP contribution is -2.22. The van der Waals surface area contributed by atoms with Crippen LogP contribution in [0.15, 0.2) is 88.8 Å². The van der Waals surface area contributed by atoms with E-state index < -0.39 is 0 Å². The zero-order valence-electron chi connectivity index (χ0n) is 18.7. The van der Waals surface area contributed by atoms with E-state index in [4.69, 9.17) is 20.1 Å². The smallest absolute Gasteiger partial charge is 0.268 e. The number of benzene rings is 3. The van der Waals surface area contributed by atoms with Crippen molar-refractivity contribution in [1.82, 2.24) is 24.2 Å². The van der Waals surface area contributed by atoms with E-state index in [1.54, 1.807) is 15.5 Å². The molecule has 6 rings (SSSR count).